The van der Waals surface area contributed by atoms with Gasteiger partial charge in [-0.3, -0.25) is 4.90 Å². The van der Waals surface area contributed by atoms with Crippen molar-refractivity contribution in [2.75, 3.05) is 0 Å². The molecule has 114 valence electrons. The molecule has 0 aliphatic heterocycles. The fourth-order valence-corrected chi connectivity index (χ4v) is 3.58. The van der Waals surface area contributed by atoms with Crippen molar-refractivity contribution in [1.29, 1.82) is 0 Å². The lowest BCUT2D eigenvalue weighted by molar-refractivity contribution is 0.128. The molecule has 0 radical (unpaired) electrons. The Labute approximate surface area is 132 Å². The van der Waals surface area contributed by atoms with Gasteiger partial charge in [0.25, 0.3) is 0 Å². The molecule has 1 heterocycles. The Balaban J connectivity index is 2.35. The third kappa shape index (κ3) is 3.94. The van der Waals surface area contributed by atoms with Crippen molar-refractivity contribution in [3.8, 4) is 0 Å². The second-order valence-corrected chi connectivity index (χ2v) is 7.04. The molecule has 2 aromatic rings. The van der Waals surface area contributed by atoms with Crippen LogP contribution in [0.5, 0.6) is 0 Å². The molecule has 0 aliphatic carbocycles. The van der Waals surface area contributed by atoms with Crippen LogP contribution in [-0.4, -0.2) is 17.0 Å². The minimum Gasteiger partial charge on any atom is -0.326 e. The Kier molecular flexibility index (Phi) is 5.57. The molecule has 1 aromatic carbocycles. The second kappa shape index (κ2) is 7.21. The molecule has 2 atom stereocenters. The number of hydrogen-bond acceptors (Lipinski definition) is 3. The predicted molar refractivity (Wildman–Crippen MR) is 92.6 cm³/mol. The first-order valence-electron chi connectivity index (χ1n) is 7.60. The van der Waals surface area contributed by atoms with Gasteiger partial charge in [-0.1, -0.05) is 30.3 Å². The third-order valence-electron chi connectivity index (χ3n) is 3.94. The summed E-state index contributed by atoms with van der Waals surface area (Å²) in [5, 5.41) is 2.14. The fourth-order valence-electron chi connectivity index (χ4n) is 2.87. The zero-order valence-corrected chi connectivity index (χ0v) is 14.2. The van der Waals surface area contributed by atoms with E-state index in [-0.39, 0.29) is 12.1 Å². The Morgan fingerprint density at radius 3 is 2.33 bits per heavy atom. The minimum atomic E-state index is 0.0912. The highest BCUT2D eigenvalue weighted by Gasteiger charge is 2.27. The topological polar surface area (TPSA) is 29.3 Å². The number of hydrogen-bond donors (Lipinski definition) is 1. The van der Waals surface area contributed by atoms with Crippen molar-refractivity contribution >= 4 is 11.3 Å². The molecule has 0 saturated heterocycles. The molecule has 2 N–H and O–H groups in total. The number of thiophene rings is 1. The lowest BCUT2D eigenvalue weighted by atomic mass is 9.94. The van der Waals surface area contributed by atoms with Gasteiger partial charge in [0.2, 0.25) is 0 Å². The first-order valence-corrected chi connectivity index (χ1v) is 8.48. The molecule has 0 saturated carbocycles. The zero-order chi connectivity index (χ0) is 15.4. The van der Waals surface area contributed by atoms with E-state index in [9.17, 15) is 0 Å². The van der Waals surface area contributed by atoms with Gasteiger partial charge < -0.3 is 5.73 Å². The predicted octanol–water partition coefficient (Wildman–Crippen LogP) is 4.36. The molecule has 0 fully saturated rings. The van der Waals surface area contributed by atoms with Crippen LogP contribution in [0.2, 0.25) is 0 Å². The van der Waals surface area contributed by atoms with Crippen LogP contribution < -0.4 is 5.73 Å². The molecule has 0 amide bonds. The van der Waals surface area contributed by atoms with E-state index in [4.69, 9.17) is 5.73 Å². The van der Waals surface area contributed by atoms with Crippen LogP contribution in [0.15, 0.2) is 41.8 Å². The lowest BCUT2D eigenvalue weighted by Gasteiger charge is -2.38. The standard InChI is InChI=1S/C18H26N2S/c1-13(2)20(12-16-9-7-11-21-16)18(15(4)19)17-10-6-5-8-14(17)3/h5-11,13,15,18H,12,19H2,1-4H3. The van der Waals surface area contributed by atoms with Crippen LogP contribution >= 0.6 is 11.3 Å². The van der Waals surface area contributed by atoms with Crippen LogP contribution in [0, 0.1) is 6.92 Å². The van der Waals surface area contributed by atoms with Crippen molar-refractivity contribution in [2.45, 2.75) is 52.4 Å². The molecule has 2 unspecified atom stereocenters. The summed E-state index contributed by atoms with van der Waals surface area (Å²) in [6, 6.07) is 13.7. The van der Waals surface area contributed by atoms with Crippen molar-refractivity contribution in [3.05, 3.63) is 57.8 Å². The van der Waals surface area contributed by atoms with Gasteiger partial charge in [-0.2, -0.15) is 0 Å². The summed E-state index contributed by atoms with van der Waals surface area (Å²) >= 11 is 1.81. The number of rotatable bonds is 6. The van der Waals surface area contributed by atoms with E-state index in [0.29, 0.717) is 6.04 Å². The third-order valence-corrected chi connectivity index (χ3v) is 4.81. The zero-order valence-electron chi connectivity index (χ0n) is 13.4. The van der Waals surface area contributed by atoms with Crippen molar-refractivity contribution < 1.29 is 0 Å². The summed E-state index contributed by atoms with van der Waals surface area (Å²) in [7, 11) is 0. The van der Waals surface area contributed by atoms with Gasteiger partial charge in [-0.15, -0.1) is 11.3 Å². The van der Waals surface area contributed by atoms with E-state index in [1.165, 1.54) is 16.0 Å². The average Bonchev–Trinajstić information content (AvgIpc) is 2.92. The van der Waals surface area contributed by atoms with Crippen LogP contribution in [0.3, 0.4) is 0 Å². The van der Waals surface area contributed by atoms with Gasteiger partial charge in [0, 0.05) is 23.5 Å². The monoisotopic (exact) mass is 302 g/mol. The van der Waals surface area contributed by atoms with E-state index in [2.05, 4.69) is 74.4 Å². The molecule has 2 nitrogen and oxygen atoms in total. The van der Waals surface area contributed by atoms with E-state index in [1.807, 2.05) is 11.3 Å². The largest absolute Gasteiger partial charge is 0.326 e. The van der Waals surface area contributed by atoms with E-state index < -0.39 is 0 Å². The maximum absolute atomic E-state index is 6.37. The highest BCUT2D eigenvalue weighted by atomic mass is 32.1. The SMILES string of the molecule is Cc1ccccc1C(C(C)N)N(Cc1cccs1)C(C)C. The summed E-state index contributed by atoms with van der Waals surface area (Å²) in [6.45, 7) is 9.74. The molecular weight excluding hydrogens is 276 g/mol. The normalized spacial score (nSPS) is 14.6. The molecule has 0 aliphatic rings. The van der Waals surface area contributed by atoms with Gasteiger partial charge in [-0.25, -0.2) is 0 Å². The second-order valence-electron chi connectivity index (χ2n) is 6.01. The van der Waals surface area contributed by atoms with Crippen LogP contribution in [0.25, 0.3) is 0 Å². The lowest BCUT2D eigenvalue weighted by Crippen LogP contribution is -2.43. The Morgan fingerprint density at radius 1 is 1.10 bits per heavy atom. The first kappa shape index (κ1) is 16.2. The van der Waals surface area contributed by atoms with Crippen molar-refractivity contribution in [2.24, 2.45) is 5.73 Å². The summed E-state index contributed by atoms with van der Waals surface area (Å²) in [5.41, 5.74) is 9.03. The summed E-state index contributed by atoms with van der Waals surface area (Å²) in [4.78, 5) is 3.90. The highest BCUT2D eigenvalue weighted by Crippen LogP contribution is 2.30. The minimum absolute atomic E-state index is 0.0912. The smallest absolute Gasteiger partial charge is 0.0505 e. The highest BCUT2D eigenvalue weighted by molar-refractivity contribution is 7.09. The molecule has 3 heteroatoms. The van der Waals surface area contributed by atoms with E-state index in [0.717, 1.165) is 6.54 Å². The molecular formula is C18H26N2S. The number of aryl methyl sites for hydroxylation is 1. The molecule has 2 rings (SSSR count). The van der Waals surface area contributed by atoms with E-state index in [1.54, 1.807) is 0 Å². The Morgan fingerprint density at radius 2 is 1.81 bits per heavy atom. The summed E-state index contributed by atoms with van der Waals surface area (Å²) in [5.74, 6) is 0. The average molecular weight is 302 g/mol. The summed E-state index contributed by atoms with van der Waals surface area (Å²) < 4.78 is 0. The van der Waals surface area contributed by atoms with Crippen LogP contribution in [0.1, 0.15) is 42.8 Å². The molecule has 0 bridgehead atoms. The van der Waals surface area contributed by atoms with Gasteiger partial charge >= 0.3 is 0 Å². The number of nitrogens with two attached hydrogens (primary N) is 1. The van der Waals surface area contributed by atoms with Gasteiger partial charge in [-0.05, 0) is 50.3 Å². The molecule has 21 heavy (non-hydrogen) atoms. The number of benzene rings is 1. The van der Waals surface area contributed by atoms with Crippen molar-refractivity contribution in [3.63, 3.8) is 0 Å². The molecule has 0 spiro atoms. The number of nitrogens with zero attached hydrogens (tertiary/aromatic N) is 1. The van der Waals surface area contributed by atoms with Crippen molar-refractivity contribution in [1.82, 2.24) is 4.90 Å². The van der Waals surface area contributed by atoms with Crippen LogP contribution in [-0.2, 0) is 6.54 Å². The maximum Gasteiger partial charge on any atom is 0.0505 e. The quantitative estimate of drug-likeness (QED) is 0.859. The first-order chi connectivity index (χ1) is 10.0. The fraction of sp³-hybridized carbons (Fsp3) is 0.444. The maximum atomic E-state index is 6.37. The Bertz CT molecular complexity index is 546. The van der Waals surface area contributed by atoms with Gasteiger partial charge in [0.05, 0.1) is 6.04 Å². The summed E-state index contributed by atoms with van der Waals surface area (Å²) in [6.07, 6.45) is 0. The Hall–Kier alpha value is -1.16. The van der Waals surface area contributed by atoms with Gasteiger partial charge in [0.1, 0.15) is 0 Å². The van der Waals surface area contributed by atoms with Crippen LogP contribution in [0.4, 0.5) is 0 Å². The van der Waals surface area contributed by atoms with Gasteiger partial charge in [0.15, 0.2) is 0 Å². The molecule has 1 aromatic heterocycles. The van der Waals surface area contributed by atoms with E-state index >= 15 is 0 Å².